The zero-order chi connectivity index (χ0) is 26.6. The van der Waals surface area contributed by atoms with Crippen molar-refractivity contribution in [3.05, 3.63) is 71.3 Å². The second-order valence-corrected chi connectivity index (χ2v) is 9.61. The van der Waals surface area contributed by atoms with E-state index in [2.05, 4.69) is 11.2 Å². The number of halogens is 1. The van der Waals surface area contributed by atoms with Crippen LogP contribution >= 0.6 is 0 Å². The number of benzene rings is 2. The SMILES string of the molecule is CCC(C(=O)O)N(C(=O)c1cnn(-c2ccc(F)cc2)c1C)c1ccc(OCC(C)(C)C)c(C#N)c1. The molecule has 0 radical (unpaired) electrons. The van der Waals surface area contributed by atoms with Crippen LogP contribution in [0.2, 0.25) is 0 Å². The number of aliphatic carboxylic acids is 1. The fourth-order valence-corrected chi connectivity index (χ4v) is 3.67. The number of rotatable bonds is 8. The van der Waals surface area contributed by atoms with E-state index in [9.17, 15) is 24.3 Å². The number of hydrogen-bond donors (Lipinski definition) is 1. The predicted octanol–water partition coefficient (Wildman–Crippen LogP) is 5.13. The van der Waals surface area contributed by atoms with Gasteiger partial charge in [0.1, 0.15) is 23.7 Å². The van der Waals surface area contributed by atoms with Gasteiger partial charge in [-0.1, -0.05) is 27.7 Å². The van der Waals surface area contributed by atoms with Crippen LogP contribution in [0.4, 0.5) is 10.1 Å². The molecule has 0 aliphatic heterocycles. The summed E-state index contributed by atoms with van der Waals surface area (Å²) in [6, 6.07) is 11.1. The van der Waals surface area contributed by atoms with Crippen LogP contribution in [0.1, 0.15) is 55.7 Å². The number of carbonyl (C=O) groups is 2. The molecule has 3 rings (SSSR count). The Hall–Kier alpha value is -4.19. The van der Waals surface area contributed by atoms with Crippen molar-refractivity contribution in [2.24, 2.45) is 5.41 Å². The van der Waals surface area contributed by atoms with Crippen molar-refractivity contribution in [3.63, 3.8) is 0 Å². The molecule has 0 saturated carbocycles. The third-order valence-corrected chi connectivity index (χ3v) is 5.54. The molecule has 36 heavy (non-hydrogen) atoms. The quantitative estimate of drug-likeness (QED) is 0.467. The Bertz CT molecular complexity index is 1300. The molecule has 1 heterocycles. The summed E-state index contributed by atoms with van der Waals surface area (Å²) >= 11 is 0. The van der Waals surface area contributed by atoms with Crippen LogP contribution < -0.4 is 9.64 Å². The number of carbonyl (C=O) groups excluding carboxylic acids is 1. The number of amides is 1. The fraction of sp³-hybridized carbons (Fsp3) is 0.333. The average molecular weight is 493 g/mol. The molecule has 0 spiro atoms. The summed E-state index contributed by atoms with van der Waals surface area (Å²) in [7, 11) is 0. The number of carboxylic acid groups (broad SMARTS) is 1. The van der Waals surface area contributed by atoms with Gasteiger partial charge in [-0.15, -0.1) is 0 Å². The molecule has 0 aliphatic carbocycles. The van der Waals surface area contributed by atoms with E-state index < -0.39 is 23.7 Å². The van der Waals surface area contributed by atoms with Gasteiger partial charge < -0.3 is 9.84 Å². The maximum Gasteiger partial charge on any atom is 0.326 e. The number of nitrogens with zero attached hydrogens (tertiary/aromatic N) is 4. The summed E-state index contributed by atoms with van der Waals surface area (Å²) < 4.78 is 20.6. The number of nitriles is 1. The van der Waals surface area contributed by atoms with Gasteiger partial charge in [0.2, 0.25) is 0 Å². The maximum atomic E-state index is 13.7. The molecule has 9 heteroatoms. The predicted molar refractivity (Wildman–Crippen MR) is 133 cm³/mol. The van der Waals surface area contributed by atoms with Crippen LogP contribution in [0.15, 0.2) is 48.7 Å². The molecule has 0 bridgehead atoms. The lowest BCUT2D eigenvalue weighted by atomic mass is 9.98. The Labute approximate surface area is 209 Å². The largest absolute Gasteiger partial charge is 0.492 e. The monoisotopic (exact) mass is 492 g/mol. The number of aromatic nitrogens is 2. The Balaban J connectivity index is 2.05. The van der Waals surface area contributed by atoms with Gasteiger partial charge >= 0.3 is 5.97 Å². The lowest BCUT2D eigenvalue weighted by Crippen LogP contribution is -2.45. The van der Waals surface area contributed by atoms with Crippen LogP contribution in [0, 0.1) is 29.5 Å². The molecule has 188 valence electrons. The minimum atomic E-state index is -1.18. The summed E-state index contributed by atoms with van der Waals surface area (Å²) in [6.07, 6.45) is 1.49. The van der Waals surface area contributed by atoms with Gasteiger partial charge in [-0.25, -0.2) is 13.9 Å². The lowest BCUT2D eigenvalue weighted by Gasteiger charge is -2.29. The van der Waals surface area contributed by atoms with E-state index in [4.69, 9.17) is 4.74 Å². The molecule has 1 unspecified atom stereocenters. The van der Waals surface area contributed by atoms with Crippen molar-refractivity contribution < 1.29 is 23.8 Å². The van der Waals surface area contributed by atoms with Crippen LogP contribution in [-0.2, 0) is 4.79 Å². The van der Waals surface area contributed by atoms with Crippen molar-refractivity contribution in [2.75, 3.05) is 11.5 Å². The van der Waals surface area contributed by atoms with Crippen molar-refractivity contribution in [1.29, 1.82) is 5.26 Å². The first-order valence-electron chi connectivity index (χ1n) is 11.5. The van der Waals surface area contributed by atoms with Gasteiger partial charge in [0, 0.05) is 5.69 Å². The van der Waals surface area contributed by atoms with E-state index in [-0.39, 0.29) is 28.7 Å². The minimum Gasteiger partial charge on any atom is -0.492 e. The molecule has 1 amide bonds. The van der Waals surface area contributed by atoms with E-state index in [1.54, 1.807) is 26.0 Å². The summed E-state index contributed by atoms with van der Waals surface area (Å²) in [5.74, 6) is -1.81. The molecule has 1 atom stereocenters. The van der Waals surface area contributed by atoms with Crippen LogP contribution in [-0.4, -0.2) is 39.4 Å². The summed E-state index contributed by atoms with van der Waals surface area (Å²) in [6.45, 7) is 9.72. The molecule has 3 aromatic rings. The maximum absolute atomic E-state index is 13.7. The Morgan fingerprint density at radius 1 is 1.22 bits per heavy atom. The van der Waals surface area contributed by atoms with Gasteiger partial charge in [-0.3, -0.25) is 9.69 Å². The topological polar surface area (TPSA) is 108 Å². The molecule has 1 N–H and O–H groups in total. The van der Waals surface area contributed by atoms with E-state index in [1.807, 2.05) is 20.8 Å². The molecule has 1 aromatic heterocycles. The van der Waals surface area contributed by atoms with E-state index in [0.29, 0.717) is 23.7 Å². The Kier molecular flexibility index (Phi) is 7.78. The molecular weight excluding hydrogens is 463 g/mol. The van der Waals surface area contributed by atoms with Crippen LogP contribution in [0.3, 0.4) is 0 Å². The van der Waals surface area contributed by atoms with Crippen molar-refractivity contribution in [3.8, 4) is 17.5 Å². The number of ether oxygens (including phenoxy) is 1. The third kappa shape index (κ3) is 5.71. The summed E-state index contributed by atoms with van der Waals surface area (Å²) in [5.41, 5.74) is 1.51. The summed E-state index contributed by atoms with van der Waals surface area (Å²) in [5, 5.41) is 23.9. The fourth-order valence-electron chi connectivity index (χ4n) is 3.67. The molecule has 8 nitrogen and oxygen atoms in total. The Morgan fingerprint density at radius 3 is 2.44 bits per heavy atom. The highest BCUT2D eigenvalue weighted by molar-refractivity contribution is 6.09. The van der Waals surface area contributed by atoms with Crippen molar-refractivity contribution >= 4 is 17.6 Å². The normalized spacial score (nSPS) is 12.0. The highest BCUT2D eigenvalue weighted by Crippen LogP contribution is 2.30. The highest BCUT2D eigenvalue weighted by atomic mass is 19.1. The average Bonchev–Trinajstić information content (AvgIpc) is 3.21. The minimum absolute atomic E-state index is 0.133. The molecule has 0 saturated heterocycles. The molecular formula is C27H29FN4O4. The highest BCUT2D eigenvalue weighted by Gasteiger charge is 2.33. The standard InChI is InChI=1S/C27H29FN4O4/c1-6-23(26(34)35)31(21-11-12-24(18(13-21)14-29)36-16-27(3,4)5)25(33)22-15-30-32(17(22)2)20-9-7-19(28)8-10-20/h7-13,15,23H,6,16H2,1-5H3,(H,34,35). The van der Waals surface area contributed by atoms with Crippen molar-refractivity contribution in [1.82, 2.24) is 9.78 Å². The van der Waals surface area contributed by atoms with E-state index in [1.165, 1.54) is 41.2 Å². The third-order valence-electron chi connectivity index (χ3n) is 5.54. The smallest absolute Gasteiger partial charge is 0.326 e. The number of carboxylic acids is 1. The first kappa shape index (κ1) is 26.4. The van der Waals surface area contributed by atoms with Gasteiger partial charge in [0.05, 0.1) is 35.3 Å². The van der Waals surface area contributed by atoms with Crippen molar-refractivity contribution in [2.45, 2.75) is 47.1 Å². The Morgan fingerprint density at radius 2 is 1.89 bits per heavy atom. The molecule has 0 fully saturated rings. The lowest BCUT2D eigenvalue weighted by molar-refractivity contribution is -0.138. The van der Waals surface area contributed by atoms with Gasteiger partial charge in [-0.2, -0.15) is 10.4 Å². The van der Waals surface area contributed by atoms with Gasteiger partial charge in [0.15, 0.2) is 0 Å². The van der Waals surface area contributed by atoms with Crippen LogP contribution in [0.25, 0.3) is 5.69 Å². The van der Waals surface area contributed by atoms with E-state index >= 15 is 0 Å². The number of hydrogen-bond acceptors (Lipinski definition) is 5. The zero-order valence-corrected chi connectivity index (χ0v) is 20.9. The zero-order valence-electron chi connectivity index (χ0n) is 20.9. The van der Waals surface area contributed by atoms with Gasteiger partial charge in [-0.05, 0) is 61.2 Å². The number of anilines is 1. The summed E-state index contributed by atoms with van der Waals surface area (Å²) in [4.78, 5) is 27.0. The second-order valence-electron chi connectivity index (χ2n) is 9.61. The molecule has 2 aromatic carbocycles. The van der Waals surface area contributed by atoms with Gasteiger partial charge in [0.25, 0.3) is 5.91 Å². The first-order valence-corrected chi connectivity index (χ1v) is 11.5. The van der Waals surface area contributed by atoms with E-state index in [0.717, 1.165) is 4.90 Å². The molecule has 0 aliphatic rings. The van der Waals surface area contributed by atoms with Crippen LogP contribution in [0.5, 0.6) is 5.75 Å². The first-order chi connectivity index (χ1) is 17.0. The second kappa shape index (κ2) is 10.6.